The maximum absolute atomic E-state index is 13.3. The molecule has 0 atom stereocenters. The molecule has 0 spiro atoms. The third-order valence-corrected chi connectivity index (χ3v) is 6.72. The van der Waals surface area contributed by atoms with Gasteiger partial charge in [0.1, 0.15) is 6.54 Å². The van der Waals surface area contributed by atoms with Crippen LogP contribution >= 0.6 is 0 Å². The minimum atomic E-state index is -3.68. The Balaban J connectivity index is 1.65. The van der Waals surface area contributed by atoms with E-state index in [4.69, 9.17) is 0 Å². The van der Waals surface area contributed by atoms with Crippen LogP contribution in [0.2, 0.25) is 0 Å². The monoisotopic (exact) mass is 389 g/mol. The molecule has 0 radical (unpaired) electrons. The molecule has 0 unspecified atom stereocenters. The van der Waals surface area contributed by atoms with Crippen molar-refractivity contribution in [3.63, 3.8) is 0 Å². The molecule has 4 aromatic rings. The number of anilines is 2. The van der Waals surface area contributed by atoms with Crippen LogP contribution < -0.4 is 4.90 Å². The van der Waals surface area contributed by atoms with Crippen molar-refractivity contribution < 1.29 is 13.2 Å². The summed E-state index contributed by atoms with van der Waals surface area (Å²) in [5.74, 6) is -0.238. The largest absolute Gasteiger partial charge is 0.321 e. The van der Waals surface area contributed by atoms with Crippen molar-refractivity contribution in [3.8, 4) is 0 Å². The fourth-order valence-electron chi connectivity index (χ4n) is 3.61. The zero-order valence-corrected chi connectivity index (χ0v) is 15.5. The van der Waals surface area contributed by atoms with Crippen molar-refractivity contribution in [2.24, 2.45) is 0 Å². The lowest BCUT2D eigenvalue weighted by molar-refractivity contribution is -0.118. The molecule has 28 heavy (non-hydrogen) atoms. The number of aromatic nitrogens is 2. The first-order valence-electron chi connectivity index (χ1n) is 8.73. The Morgan fingerprint density at radius 1 is 0.821 bits per heavy atom. The molecule has 2 heterocycles. The van der Waals surface area contributed by atoms with Crippen LogP contribution in [0.3, 0.4) is 0 Å². The second kappa shape index (κ2) is 6.03. The number of amides is 1. The number of sulfone groups is 1. The van der Waals surface area contributed by atoms with Crippen LogP contribution in [0, 0.1) is 0 Å². The quantitative estimate of drug-likeness (QED) is 0.526. The normalized spacial score (nSPS) is 14.5. The molecule has 7 heteroatoms. The number of fused-ring (bicyclic) bond motifs is 3. The number of para-hydroxylation sites is 4. The van der Waals surface area contributed by atoms with Crippen LogP contribution in [0.25, 0.3) is 11.0 Å². The fraction of sp³-hybridized carbons (Fsp3) is 0.0476. The van der Waals surface area contributed by atoms with Crippen molar-refractivity contribution in [3.05, 3.63) is 79.1 Å². The van der Waals surface area contributed by atoms with Gasteiger partial charge in [-0.25, -0.2) is 13.4 Å². The predicted molar refractivity (Wildman–Crippen MR) is 105 cm³/mol. The van der Waals surface area contributed by atoms with Crippen molar-refractivity contribution in [1.82, 2.24) is 9.55 Å². The molecule has 0 bridgehead atoms. The van der Waals surface area contributed by atoms with Gasteiger partial charge in [-0.1, -0.05) is 36.4 Å². The second-order valence-electron chi connectivity index (χ2n) is 6.53. The molecule has 0 N–H and O–H groups in total. The van der Waals surface area contributed by atoms with Gasteiger partial charge < -0.3 is 4.57 Å². The third-order valence-electron chi connectivity index (χ3n) is 4.87. The summed E-state index contributed by atoms with van der Waals surface area (Å²) in [7, 11) is -3.68. The van der Waals surface area contributed by atoms with E-state index in [0.717, 1.165) is 11.0 Å². The first kappa shape index (κ1) is 16.7. The molecule has 5 rings (SSSR count). The fourth-order valence-corrected chi connectivity index (χ4v) is 5.23. The standard InChI is InChI=1S/C21H15N3O3S/c25-21(13-23-14-22-15-7-1-2-8-16(15)23)24-17-9-3-5-11-19(17)28(26,27)20-12-6-4-10-18(20)24/h1-12,14H,13H2. The van der Waals surface area contributed by atoms with Gasteiger partial charge in [-0.3, -0.25) is 9.69 Å². The number of benzene rings is 3. The number of carbonyl (C=O) groups is 1. The summed E-state index contributed by atoms with van der Waals surface area (Å²) < 4.78 is 27.8. The summed E-state index contributed by atoms with van der Waals surface area (Å²) in [6.07, 6.45) is 1.63. The molecule has 1 aliphatic heterocycles. The van der Waals surface area contributed by atoms with Gasteiger partial charge in [0, 0.05) is 0 Å². The SMILES string of the molecule is O=C(Cn1cnc2ccccc21)N1c2ccccc2S(=O)(=O)c2ccccc21. The minimum Gasteiger partial charge on any atom is -0.321 e. The summed E-state index contributed by atoms with van der Waals surface area (Å²) in [6, 6.07) is 20.7. The number of imidazole rings is 1. The first-order valence-corrected chi connectivity index (χ1v) is 10.2. The summed E-state index contributed by atoms with van der Waals surface area (Å²) in [5, 5.41) is 0. The van der Waals surface area contributed by atoms with Gasteiger partial charge in [0.2, 0.25) is 9.84 Å². The molecule has 0 fully saturated rings. The molecule has 0 saturated heterocycles. The van der Waals surface area contributed by atoms with E-state index in [1.807, 2.05) is 24.3 Å². The number of rotatable bonds is 2. The molecule has 1 aliphatic rings. The van der Waals surface area contributed by atoms with Crippen LogP contribution in [0.5, 0.6) is 0 Å². The topological polar surface area (TPSA) is 72.3 Å². The highest BCUT2D eigenvalue weighted by atomic mass is 32.2. The Bertz CT molecular complexity index is 1290. The average molecular weight is 389 g/mol. The number of carbonyl (C=O) groups excluding carboxylic acids is 1. The first-order chi connectivity index (χ1) is 13.6. The van der Waals surface area contributed by atoms with Crippen molar-refractivity contribution in [2.75, 3.05) is 4.90 Å². The summed E-state index contributed by atoms with van der Waals surface area (Å²) in [4.78, 5) is 19.4. The van der Waals surface area contributed by atoms with E-state index in [9.17, 15) is 13.2 Å². The van der Waals surface area contributed by atoms with Gasteiger partial charge in [-0.15, -0.1) is 0 Å². The molecule has 0 aliphatic carbocycles. The Hall–Kier alpha value is -3.45. The van der Waals surface area contributed by atoms with Crippen LogP contribution in [0.15, 0.2) is 88.9 Å². The molecule has 138 valence electrons. The Morgan fingerprint density at radius 3 is 2.07 bits per heavy atom. The minimum absolute atomic E-state index is 0.0449. The van der Waals surface area contributed by atoms with Gasteiger partial charge in [0.15, 0.2) is 0 Å². The Labute approximate surface area is 161 Å². The molecular formula is C21H15N3O3S. The molecule has 6 nitrogen and oxygen atoms in total. The Kier molecular flexibility index (Phi) is 3.60. The summed E-state index contributed by atoms with van der Waals surface area (Å²) in [6.45, 7) is 0.0449. The molecule has 1 aromatic heterocycles. The summed E-state index contributed by atoms with van der Waals surface area (Å²) >= 11 is 0. The molecular weight excluding hydrogens is 374 g/mol. The van der Waals surface area contributed by atoms with Gasteiger partial charge in [0.05, 0.1) is 38.5 Å². The van der Waals surface area contributed by atoms with Crippen molar-refractivity contribution >= 4 is 38.2 Å². The van der Waals surface area contributed by atoms with Crippen molar-refractivity contribution in [2.45, 2.75) is 16.3 Å². The summed E-state index contributed by atoms with van der Waals surface area (Å²) in [5.41, 5.74) is 2.39. The number of hydrogen-bond donors (Lipinski definition) is 0. The average Bonchev–Trinajstić information content (AvgIpc) is 3.11. The smallest absolute Gasteiger partial charge is 0.251 e. The van der Waals surface area contributed by atoms with E-state index >= 15 is 0 Å². The van der Waals surface area contributed by atoms with Gasteiger partial charge in [-0.05, 0) is 36.4 Å². The Morgan fingerprint density at radius 2 is 1.39 bits per heavy atom. The zero-order chi connectivity index (χ0) is 19.3. The predicted octanol–water partition coefficient (Wildman–Crippen LogP) is 3.55. The number of hydrogen-bond acceptors (Lipinski definition) is 4. The second-order valence-corrected chi connectivity index (χ2v) is 8.42. The van der Waals surface area contributed by atoms with Gasteiger partial charge in [-0.2, -0.15) is 0 Å². The van der Waals surface area contributed by atoms with E-state index < -0.39 is 9.84 Å². The molecule has 0 saturated carbocycles. The van der Waals surface area contributed by atoms with E-state index in [1.54, 1.807) is 47.3 Å². The zero-order valence-electron chi connectivity index (χ0n) is 14.7. The highest BCUT2D eigenvalue weighted by Gasteiger charge is 2.36. The van der Waals surface area contributed by atoms with Crippen LogP contribution in [0.4, 0.5) is 11.4 Å². The third kappa shape index (κ3) is 2.36. The van der Waals surface area contributed by atoms with Crippen LogP contribution in [-0.4, -0.2) is 23.9 Å². The highest BCUT2D eigenvalue weighted by Crippen LogP contribution is 2.43. The van der Waals surface area contributed by atoms with E-state index in [0.29, 0.717) is 11.4 Å². The maximum atomic E-state index is 13.3. The number of nitrogens with zero attached hydrogens (tertiary/aromatic N) is 3. The van der Waals surface area contributed by atoms with E-state index in [1.165, 1.54) is 17.0 Å². The molecule has 3 aromatic carbocycles. The highest BCUT2D eigenvalue weighted by molar-refractivity contribution is 7.92. The van der Waals surface area contributed by atoms with Crippen molar-refractivity contribution in [1.29, 1.82) is 0 Å². The van der Waals surface area contributed by atoms with Gasteiger partial charge >= 0.3 is 0 Å². The maximum Gasteiger partial charge on any atom is 0.251 e. The van der Waals surface area contributed by atoms with Crippen LogP contribution in [0.1, 0.15) is 0 Å². The molecule has 1 amide bonds. The van der Waals surface area contributed by atoms with Crippen LogP contribution in [-0.2, 0) is 21.2 Å². The van der Waals surface area contributed by atoms with E-state index in [2.05, 4.69) is 4.98 Å². The lowest BCUT2D eigenvalue weighted by atomic mass is 10.2. The van der Waals surface area contributed by atoms with Gasteiger partial charge in [0.25, 0.3) is 5.91 Å². The van der Waals surface area contributed by atoms with E-state index in [-0.39, 0.29) is 22.2 Å². The lowest BCUT2D eigenvalue weighted by Crippen LogP contribution is -2.34. The lowest BCUT2D eigenvalue weighted by Gasteiger charge is -2.31.